The standard InChI is InChI=1S/C18H31NO/c1-5-6-7-11-18(2,3)15-19-13-16-9-8-10-17(12-16)14-20-4/h8-10,12,19H,5-7,11,13-15H2,1-4H3. The molecule has 1 N–H and O–H groups in total. The van der Waals surface area contributed by atoms with Crippen molar-refractivity contribution in [1.82, 2.24) is 5.32 Å². The molecule has 0 aromatic heterocycles. The van der Waals surface area contributed by atoms with E-state index in [1.54, 1.807) is 7.11 Å². The minimum atomic E-state index is 0.388. The van der Waals surface area contributed by atoms with Gasteiger partial charge < -0.3 is 10.1 Å². The second-order valence-corrected chi connectivity index (χ2v) is 6.48. The summed E-state index contributed by atoms with van der Waals surface area (Å²) in [5.74, 6) is 0. The Hall–Kier alpha value is -0.860. The molecule has 0 heterocycles. The molecule has 2 nitrogen and oxygen atoms in total. The maximum atomic E-state index is 5.18. The SMILES string of the molecule is CCCCCC(C)(C)CNCc1cccc(COC)c1. The average Bonchev–Trinajstić information content (AvgIpc) is 2.39. The third-order valence-corrected chi connectivity index (χ3v) is 3.69. The Morgan fingerprint density at radius 2 is 1.90 bits per heavy atom. The summed E-state index contributed by atoms with van der Waals surface area (Å²) in [7, 11) is 1.74. The largest absolute Gasteiger partial charge is 0.380 e. The van der Waals surface area contributed by atoms with Crippen LogP contribution in [0.15, 0.2) is 24.3 Å². The van der Waals surface area contributed by atoms with Gasteiger partial charge in [0.1, 0.15) is 0 Å². The summed E-state index contributed by atoms with van der Waals surface area (Å²) in [5.41, 5.74) is 2.97. The average molecular weight is 277 g/mol. The highest BCUT2D eigenvalue weighted by atomic mass is 16.5. The molecule has 0 amide bonds. The molecule has 0 saturated heterocycles. The first-order valence-corrected chi connectivity index (χ1v) is 7.85. The number of methoxy groups -OCH3 is 1. The summed E-state index contributed by atoms with van der Waals surface area (Å²) in [5, 5.41) is 3.60. The van der Waals surface area contributed by atoms with Gasteiger partial charge in [0.15, 0.2) is 0 Å². The van der Waals surface area contributed by atoms with Crippen molar-refractivity contribution in [3.63, 3.8) is 0 Å². The molecule has 114 valence electrons. The summed E-state index contributed by atoms with van der Waals surface area (Å²) in [6.45, 7) is 9.68. The minimum absolute atomic E-state index is 0.388. The van der Waals surface area contributed by atoms with E-state index in [2.05, 4.69) is 50.4 Å². The fraction of sp³-hybridized carbons (Fsp3) is 0.667. The summed E-state index contributed by atoms with van der Waals surface area (Å²) in [6, 6.07) is 8.62. The molecular weight excluding hydrogens is 246 g/mol. The Labute approximate surface area is 124 Å². The van der Waals surface area contributed by atoms with E-state index in [1.165, 1.54) is 36.8 Å². The van der Waals surface area contributed by atoms with Crippen molar-refractivity contribution in [3.8, 4) is 0 Å². The van der Waals surface area contributed by atoms with Crippen molar-refractivity contribution in [2.24, 2.45) is 5.41 Å². The minimum Gasteiger partial charge on any atom is -0.380 e. The van der Waals surface area contributed by atoms with Crippen LogP contribution in [-0.2, 0) is 17.9 Å². The predicted octanol–water partition coefficient (Wildman–Crippen LogP) is 4.53. The first kappa shape index (κ1) is 17.2. The molecule has 0 fully saturated rings. The zero-order valence-electron chi connectivity index (χ0n) is 13.7. The molecule has 0 aliphatic heterocycles. The van der Waals surface area contributed by atoms with Crippen molar-refractivity contribution in [1.29, 1.82) is 0 Å². The van der Waals surface area contributed by atoms with E-state index in [-0.39, 0.29) is 0 Å². The number of benzene rings is 1. The lowest BCUT2D eigenvalue weighted by atomic mass is 9.87. The third kappa shape index (κ3) is 7.06. The van der Waals surface area contributed by atoms with Crippen molar-refractivity contribution < 1.29 is 4.74 Å². The van der Waals surface area contributed by atoms with E-state index in [0.29, 0.717) is 12.0 Å². The van der Waals surface area contributed by atoms with Crippen molar-refractivity contribution in [3.05, 3.63) is 35.4 Å². The number of rotatable bonds is 10. The zero-order chi connectivity index (χ0) is 14.8. The number of hydrogen-bond acceptors (Lipinski definition) is 2. The van der Waals surface area contributed by atoms with Gasteiger partial charge in [-0.2, -0.15) is 0 Å². The highest BCUT2D eigenvalue weighted by molar-refractivity contribution is 5.22. The van der Waals surface area contributed by atoms with Gasteiger partial charge in [0.25, 0.3) is 0 Å². The van der Waals surface area contributed by atoms with Crippen molar-refractivity contribution in [2.45, 2.75) is 59.6 Å². The monoisotopic (exact) mass is 277 g/mol. The Bertz CT molecular complexity index is 373. The number of nitrogens with one attached hydrogen (secondary N) is 1. The van der Waals surface area contributed by atoms with Gasteiger partial charge in [0.05, 0.1) is 6.61 Å². The topological polar surface area (TPSA) is 21.3 Å². The van der Waals surface area contributed by atoms with Crippen LogP contribution in [0.5, 0.6) is 0 Å². The van der Waals surface area contributed by atoms with Gasteiger partial charge in [-0.05, 0) is 23.0 Å². The van der Waals surface area contributed by atoms with Crippen LogP contribution in [0.1, 0.15) is 57.6 Å². The molecular formula is C18H31NO. The molecule has 0 atom stereocenters. The van der Waals surface area contributed by atoms with E-state index in [9.17, 15) is 0 Å². The van der Waals surface area contributed by atoms with E-state index >= 15 is 0 Å². The zero-order valence-corrected chi connectivity index (χ0v) is 13.7. The molecule has 0 spiro atoms. The maximum Gasteiger partial charge on any atom is 0.0713 e. The van der Waals surface area contributed by atoms with Crippen LogP contribution < -0.4 is 5.32 Å². The normalized spacial score (nSPS) is 11.8. The fourth-order valence-corrected chi connectivity index (χ4v) is 2.48. The second-order valence-electron chi connectivity index (χ2n) is 6.48. The first-order valence-electron chi connectivity index (χ1n) is 7.85. The van der Waals surface area contributed by atoms with Crippen LogP contribution >= 0.6 is 0 Å². The summed E-state index contributed by atoms with van der Waals surface area (Å²) >= 11 is 0. The van der Waals surface area contributed by atoms with E-state index < -0.39 is 0 Å². The second kappa shape index (κ2) is 9.15. The molecule has 2 heteroatoms. The summed E-state index contributed by atoms with van der Waals surface area (Å²) < 4.78 is 5.18. The highest BCUT2D eigenvalue weighted by Gasteiger charge is 2.16. The lowest BCUT2D eigenvalue weighted by molar-refractivity contribution is 0.185. The molecule has 20 heavy (non-hydrogen) atoms. The molecule has 0 aliphatic carbocycles. The fourth-order valence-electron chi connectivity index (χ4n) is 2.48. The van der Waals surface area contributed by atoms with E-state index in [4.69, 9.17) is 4.74 Å². The quantitative estimate of drug-likeness (QED) is 0.634. The van der Waals surface area contributed by atoms with Crippen LogP contribution in [0, 0.1) is 5.41 Å². The Balaban J connectivity index is 2.33. The summed E-state index contributed by atoms with van der Waals surface area (Å²) in [6.07, 6.45) is 5.30. The Morgan fingerprint density at radius 1 is 1.15 bits per heavy atom. The van der Waals surface area contributed by atoms with Crippen LogP contribution in [0.25, 0.3) is 0 Å². The Morgan fingerprint density at radius 3 is 2.60 bits per heavy atom. The smallest absolute Gasteiger partial charge is 0.0713 e. The van der Waals surface area contributed by atoms with Crippen molar-refractivity contribution >= 4 is 0 Å². The number of unbranched alkanes of at least 4 members (excludes halogenated alkanes) is 2. The van der Waals surface area contributed by atoms with Crippen LogP contribution in [0.4, 0.5) is 0 Å². The van der Waals surface area contributed by atoms with Crippen LogP contribution in [-0.4, -0.2) is 13.7 Å². The van der Waals surface area contributed by atoms with E-state index in [0.717, 1.165) is 13.1 Å². The van der Waals surface area contributed by atoms with Gasteiger partial charge in [-0.15, -0.1) is 0 Å². The number of ether oxygens (including phenoxy) is 1. The molecule has 0 aliphatic rings. The van der Waals surface area contributed by atoms with Crippen LogP contribution in [0.3, 0.4) is 0 Å². The molecule has 1 rings (SSSR count). The van der Waals surface area contributed by atoms with Gasteiger partial charge in [-0.1, -0.05) is 64.3 Å². The predicted molar refractivity (Wildman–Crippen MR) is 86.8 cm³/mol. The molecule has 0 saturated carbocycles. The van der Waals surface area contributed by atoms with Crippen molar-refractivity contribution in [2.75, 3.05) is 13.7 Å². The van der Waals surface area contributed by atoms with Gasteiger partial charge in [0.2, 0.25) is 0 Å². The maximum absolute atomic E-state index is 5.18. The molecule has 0 bridgehead atoms. The van der Waals surface area contributed by atoms with Gasteiger partial charge in [-0.3, -0.25) is 0 Å². The number of hydrogen-bond donors (Lipinski definition) is 1. The lowest BCUT2D eigenvalue weighted by Crippen LogP contribution is -2.29. The molecule has 1 aromatic carbocycles. The Kier molecular flexibility index (Phi) is 7.86. The lowest BCUT2D eigenvalue weighted by Gasteiger charge is -2.25. The third-order valence-electron chi connectivity index (χ3n) is 3.69. The molecule has 0 radical (unpaired) electrons. The van der Waals surface area contributed by atoms with Gasteiger partial charge in [-0.25, -0.2) is 0 Å². The first-order chi connectivity index (χ1) is 9.57. The van der Waals surface area contributed by atoms with E-state index in [1.807, 2.05) is 0 Å². The highest BCUT2D eigenvalue weighted by Crippen LogP contribution is 2.22. The molecule has 0 unspecified atom stereocenters. The van der Waals surface area contributed by atoms with Crippen LogP contribution in [0.2, 0.25) is 0 Å². The molecule has 1 aromatic rings. The van der Waals surface area contributed by atoms with Gasteiger partial charge >= 0.3 is 0 Å². The van der Waals surface area contributed by atoms with Gasteiger partial charge in [0, 0.05) is 20.2 Å². The summed E-state index contributed by atoms with van der Waals surface area (Å²) in [4.78, 5) is 0.